The molecule has 1 N–H and O–H groups in total. The lowest BCUT2D eigenvalue weighted by Gasteiger charge is -2.28. The van der Waals surface area contributed by atoms with E-state index < -0.39 is 0 Å². The third-order valence-electron chi connectivity index (χ3n) is 2.16. The van der Waals surface area contributed by atoms with E-state index in [9.17, 15) is 4.79 Å². The number of rotatable bonds is 8. The van der Waals surface area contributed by atoms with Gasteiger partial charge in [-0.2, -0.15) is 0 Å². The van der Waals surface area contributed by atoms with Gasteiger partial charge >= 0.3 is 5.97 Å². The van der Waals surface area contributed by atoms with Crippen molar-refractivity contribution < 1.29 is 9.53 Å². The third-order valence-corrected chi connectivity index (χ3v) is 2.16. The molecule has 0 radical (unpaired) electrons. The highest BCUT2D eigenvalue weighted by molar-refractivity contribution is 5.69. The van der Waals surface area contributed by atoms with Crippen LogP contribution in [0.4, 0.5) is 0 Å². The predicted octanol–water partition coefficient (Wildman–Crippen LogP) is 1.12. The molecule has 0 rings (SSSR count). The van der Waals surface area contributed by atoms with E-state index in [-0.39, 0.29) is 11.4 Å². The Morgan fingerprint density at radius 2 is 2.00 bits per heavy atom. The second-order valence-electron chi connectivity index (χ2n) is 5.13. The fourth-order valence-electron chi connectivity index (χ4n) is 1.76. The first-order valence-corrected chi connectivity index (χ1v) is 5.88. The molecule has 0 atom stereocenters. The first-order valence-electron chi connectivity index (χ1n) is 5.88. The quantitative estimate of drug-likeness (QED) is 0.501. The molecule has 0 fully saturated rings. The molecule has 0 aliphatic rings. The molecular formula is C12H26N2O2. The molecule has 0 spiro atoms. The fraction of sp³-hybridized carbons (Fsp3) is 0.917. The van der Waals surface area contributed by atoms with Gasteiger partial charge in [0.25, 0.3) is 0 Å². The molecule has 0 aliphatic heterocycles. The maximum Gasteiger partial charge on any atom is 0.307 e. The molecule has 0 aromatic rings. The highest BCUT2D eigenvalue weighted by Crippen LogP contribution is 2.13. The first kappa shape index (κ1) is 15.4. The highest BCUT2D eigenvalue weighted by Gasteiger charge is 2.18. The number of hydrogen-bond acceptors (Lipinski definition) is 4. The van der Waals surface area contributed by atoms with Crippen molar-refractivity contribution in [2.24, 2.45) is 5.41 Å². The van der Waals surface area contributed by atoms with Crippen molar-refractivity contribution in [1.82, 2.24) is 10.2 Å². The summed E-state index contributed by atoms with van der Waals surface area (Å²) in [5, 5.41) is 3.29. The van der Waals surface area contributed by atoms with Gasteiger partial charge < -0.3 is 15.0 Å². The van der Waals surface area contributed by atoms with Crippen LogP contribution in [0.15, 0.2) is 0 Å². The summed E-state index contributed by atoms with van der Waals surface area (Å²) >= 11 is 0. The fourth-order valence-corrected chi connectivity index (χ4v) is 1.76. The summed E-state index contributed by atoms with van der Waals surface area (Å²) in [6, 6.07) is 0. The van der Waals surface area contributed by atoms with E-state index in [0.29, 0.717) is 19.6 Å². The Bertz CT molecular complexity index is 203. The Hall–Kier alpha value is -0.610. The van der Waals surface area contributed by atoms with Crippen molar-refractivity contribution in [3.05, 3.63) is 0 Å². The van der Waals surface area contributed by atoms with Gasteiger partial charge in [-0.1, -0.05) is 13.8 Å². The van der Waals surface area contributed by atoms with Crippen molar-refractivity contribution in [1.29, 1.82) is 0 Å². The number of nitrogens with zero attached hydrogens (tertiary/aromatic N) is 1. The lowest BCUT2D eigenvalue weighted by molar-refractivity contribution is -0.143. The van der Waals surface area contributed by atoms with Gasteiger partial charge in [-0.15, -0.1) is 0 Å². The zero-order valence-electron chi connectivity index (χ0n) is 11.3. The molecule has 16 heavy (non-hydrogen) atoms. The summed E-state index contributed by atoms with van der Waals surface area (Å²) < 4.78 is 4.85. The molecule has 0 saturated heterocycles. The van der Waals surface area contributed by atoms with Gasteiger partial charge in [-0.05, 0) is 26.4 Å². The second kappa shape index (κ2) is 7.63. The van der Waals surface area contributed by atoms with E-state index >= 15 is 0 Å². The average Bonchev–Trinajstić information content (AvgIpc) is 2.11. The van der Waals surface area contributed by atoms with Crippen molar-refractivity contribution in [3.63, 3.8) is 0 Å². The van der Waals surface area contributed by atoms with Crippen molar-refractivity contribution in [2.45, 2.75) is 27.2 Å². The molecule has 0 saturated carbocycles. The standard InChI is InChI=1S/C12H26N2O2/c1-6-16-11(15)7-8-13-9-12(2,3)10-14(4)5/h13H,6-10H2,1-5H3. The lowest BCUT2D eigenvalue weighted by Crippen LogP contribution is -2.38. The van der Waals surface area contributed by atoms with Crippen molar-refractivity contribution >= 4 is 5.97 Å². The maximum atomic E-state index is 11.1. The molecule has 0 heterocycles. The topological polar surface area (TPSA) is 41.6 Å². The zero-order chi connectivity index (χ0) is 12.6. The minimum atomic E-state index is -0.125. The molecular weight excluding hydrogens is 204 g/mol. The Morgan fingerprint density at radius 3 is 2.50 bits per heavy atom. The van der Waals surface area contributed by atoms with Crippen LogP contribution >= 0.6 is 0 Å². The lowest BCUT2D eigenvalue weighted by atomic mass is 9.93. The third kappa shape index (κ3) is 8.68. The van der Waals surface area contributed by atoms with E-state index in [0.717, 1.165) is 13.1 Å². The first-order chi connectivity index (χ1) is 7.37. The van der Waals surface area contributed by atoms with Gasteiger partial charge in [0.15, 0.2) is 0 Å². The highest BCUT2D eigenvalue weighted by atomic mass is 16.5. The van der Waals surface area contributed by atoms with Gasteiger partial charge in [-0.3, -0.25) is 4.79 Å². The van der Waals surface area contributed by atoms with Crippen LogP contribution in [0.5, 0.6) is 0 Å². The molecule has 0 aliphatic carbocycles. The number of carbonyl (C=O) groups is 1. The molecule has 4 nitrogen and oxygen atoms in total. The molecule has 0 bridgehead atoms. The number of nitrogens with one attached hydrogen (secondary N) is 1. The van der Waals surface area contributed by atoms with Gasteiger partial charge in [-0.25, -0.2) is 0 Å². The van der Waals surface area contributed by atoms with E-state index in [1.54, 1.807) is 0 Å². The van der Waals surface area contributed by atoms with E-state index in [2.05, 4.69) is 38.2 Å². The minimum Gasteiger partial charge on any atom is -0.466 e. The predicted molar refractivity (Wildman–Crippen MR) is 66.5 cm³/mol. The summed E-state index contributed by atoms with van der Waals surface area (Å²) in [4.78, 5) is 13.2. The van der Waals surface area contributed by atoms with E-state index in [1.807, 2.05) is 6.92 Å². The van der Waals surface area contributed by atoms with Crippen molar-refractivity contribution in [3.8, 4) is 0 Å². The van der Waals surface area contributed by atoms with Crippen LogP contribution < -0.4 is 5.32 Å². The molecule has 0 aromatic heterocycles. The van der Waals surface area contributed by atoms with Crippen LogP contribution in [0.25, 0.3) is 0 Å². The number of esters is 1. The van der Waals surface area contributed by atoms with Crippen LogP contribution in [-0.4, -0.2) is 51.2 Å². The molecule has 0 amide bonds. The van der Waals surface area contributed by atoms with Gasteiger partial charge in [0.05, 0.1) is 13.0 Å². The molecule has 4 heteroatoms. The summed E-state index contributed by atoms with van der Waals surface area (Å²) in [7, 11) is 4.14. The SMILES string of the molecule is CCOC(=O)CCNCC(C)(C)CN(C)C. The smallest absolute Gasteiger partial charge is 0.307 e. The number of carbonyl (C=O) groups excluding carboxylic acids is 1. The molecule has 96 valence electrons. The minimum absolute atomic E-state index is 0.125. The second-order valence-corrected chi connectivity index (χ2v) is 5.13. The van der Waals surface area contributed by atoms with E-state index in [1.165, 1.54) is 0 Å². The summed E-state index contributed by atoms with van der Waals surface area (Å²) in [5.41, 5.74) is 0.220. The van der Waals surface area contributed by atoms with Crippen molar-refractivity contribution in [2.75, 3.05) is 40.3 Å². The summed E-state index contributed by atoms with van der Waals surface area (Å²) in [5.74, 6) is -0.125. The average molecular weight is 230 g/mol. The Morgan fingerprint density at radius 1 is 1.38 bits per heavy atom. The van der Waals surface area contributed by atoms with Gasteiger partial charge in [0, 0.05) is 19.6 Å². The van der Waals surface area contributed by atoms with Crippen LogP contribution in [0.1, 0.15) is 27.2 Å². The van der Waals surface area contributed by atoms with Gasteiger partial charge in [0.1, 0.15) is 0 Å². The Labute approximate surface area is 99.3 Å². The normalized spacial score (nSPS) is 11.9. The Balaban J connectivity index is 3.61. The molecule has 0 aromatic carbocycles. The zero-order valence-corrected chi connectivity index (χ0v) is 11.3. The van der Waals surface area contributed by atoms with Crippen LogP contribution in [0.2, 0.25) is 0 Å². The largest absolute Gasteiger partial charge is 0.466 e. The maximum absolute atomic E-state index is 11.1. The summed E-state index contributed by atoms with van der Waals surface area (Å²) in [6.07, 6.45) is 0.450. The van der Waals surface area contributed by atoms with Crippen LogP contribution in [0.3, 0.4) is 0 Å². The van der Waals surface area contributed by atoms with Gasteiger partial charge in [0.2, 0.25) is 0 Å². The summed E-state index contributed by atoms with van der Waals surface area (Å²) in [6.45, 7) is 9.34. The van der Waals surface area contributed by atoms with E-state index in [4.69, 9.17) is 4.74 Å². The van der Waals surface area contributed by atoms with Crippen LogP contribution in [-0.2, 0) is 9.53 Å². The molecule has 0 unspecified atom stereocenters. The monoisotopic (exact) mass is 230 g/mol. The number of hydrogen-bond donors (Lipinski definition) is 1. The number of ether oxygens (including phenoxy) is 1. The van der Waals surface area contributed by atoms with Crippen LogP contribution in [0, 0.1) is 5.41 Å². The Kier molecular flexibility index (Phi) is 7.34.